The van der Waals surface area contributed by atoms with E-state index in [9.17, 15) is 14.7 Å². The van der Waals surface area contributed by atoms with Gasteiger partial charge in [0.2, 0.25) is 5.91 Å². The van der Waals surface area contributed by atoms with E-state index < -0.39 is 18.0 Å². The summed E-state index contributed by atoms with van der Waals surface area (Å²) in [5, 5.41) is 18.1. The molecule has 86 valence electrons. The lowest BCUT2D eigenvalue weighted by atomic mass is 10.1. The molecule has 2 N–H and O–H groups in total. The average molecular weight is 215 g/mol. The largest absolute Gasteiger partial charge is 0.481 e. The highest BCUT2D eigenvalue weighted by atomic mass is 16.4. The molecule has 0 saturated carbocycles. The van der Waals surface area contributed by atoms with E-state index in [0.717, 1.165) is 0 Å². The summed E-state index contributed by atoms with van der Waals surface area (Å²) in [7, 11) is 0. The Bertz CT molecular complexity index is 254. The van der Waals surface area contributed by atoms with Gasteiger partial charge in [0.25, 0.3) is 0 Å². The zero-order chi connectivity index (χ0) is 11.4. The SMILES string of the molecule is CCC(O)CCN1CC(C(=O)O)CC1=O. The summed E-state index contributed by atoms with van der Waals surface area (Å²) in [5.74, 6) is -1.61. The predicted molar refractivity (Wildman–Crippen MR) is 53.2 cm³/mol. The van der Waals surface area contributed by atoms with E-state index in [4.69, 9.17) is 5.11 Å². The number of rotatable bonds is 5. The number of amides is 1. The number of likely N-dealkylation sites (tertiary alicyclic amines) is 1. The summed E-state index contributed by atoms with van der Waals surface area (Å²) in [5.41, 5.74) is 0. The molecule has 2 unspecified atom stereocenters. The van der Waals surface area contributed by atoms with Gasteiger partial charge in [-0.1, -0.05) is 6.92 Å². The maximum Gasteiger partial charge on any atom is 0.308 e. The Hall–Kier alpha value is -1.10. The van der Waals surface area contributed by atoms with Gasteiger partial charge in [-0.05, 0) is 12.8 Å². The topological polar surface area (TPSA) is 77.8 Å². The van der Waals surface area contributed by atoms with E-state index >= 15 is 0 Å². The fourth-order valence-corrected chi connectivity index (χ4v) is 1.66. The minimum absolute atomic E-state index is 0.0948. The van der Waals surface area contributed by atoms with Crippen LogP contribution in [0, 0.1) is 5.92 Å². The van der Waals surface area contributed by atoms with Crippen LogP contribution in [0.25, 0.3) is 0 Å². The van der Waals surface area contributed by atoms with Crippen molar-refractivity contribution in [2.45, 2.75) is 32.3 Å². The van der Waals surface area contributed by atoms with Crippen LogP contribution in [0.3, 0.4) is 0 Å². The van der Waals surface area contributed by atoms with Gasteiger partial charge in [0.05, 0.1) is 12.0 Å². The Kier molecular flexibility index (Phi) is 4.08. The standard InChI is InChI=1S/C10H17NO4/c1-2-8(12)3-4-11-6-7(10(14)15)5-9(11)13/h7-8,12H,2-6H2,1H3,(H,14,15). The van der Waals surface area contributed by atoms with Gasteiger partial charge in [-0.3, -0.25) is 9.59 Å². The van der Waals surface area contributed by atoms with Crippen molar-refractivity contribution in [3.05, 3.63) is 0 Å². The molecule has 0 radical (unpaired) electrons. The molecular weight excluding hydrogens is 198 g/mol. The second-order valence-corrected chi connectivity index (χ2v) is 3.93. The molecular formula is C10H17NO4. The van der Waals surface area contributed by atoms with Crippen LogP contribution in [0.2, 0.25) is 0 Å². The second kappa shape index (κ2) is 5.11. The molecule has 0 spiro atoms. The van der Waals surface area contributed by atoms with Gasteiger partial charge in [-0.2, -0.15) is 0 Å². The van der Waals surface area contributed by atoms with Crippen molar-refractivity contribution in [2.24, 2.45) is 5.92 Å². The quantitative estimate of drug-likeness (QED) is 0.681. The number of carbonyl (C=O) groups is 2. The molecule has 0 aromatic carbocycles. The summed E-state index contributed by atoms with van der Waals surface area (Å²) in [6.07, 6.45) is 0.873. The lowest BCUT2D eigenvalue weighted by Gasteiger charge is -2.17. The number of aliphatic hydroxyl groups excluding tert-OH is 1. The highest BCUT2D eigenvalue weighted by molar-refractivity contribution is 5.86. The Morgan fingerprint density at radius 3 is 2.80 bits per heavy atom. The first-order chi connectivity index (χ1) is 7.04. The van der Waals surface area contributed by atoms with Crippen LogP contribution in [-0.4, -0.2) is 46.2 Å². The molecule has 0 bridgehead atoms. The molecule has 1 aliphatic heterocycles. The highest BCUT2D eigenvalue weighted by Gasteiger charge is 2.33. The number of hydrogen-bond acceptors (Lipinski definition) is 3. The fraction of sp³-hybridized carbons (Fsp3) is 0.800. The third-order valence-corrected chi connectivity index (χ3v) is 2.77. The highest BCUT2D eigenvalue weighted by Crippen LogP contribution is 2.18. The fourth-order valence-electron chi connectivity index (χ4n) is 1.66. The molecule has 0 aromatic heterocycles. The zero-order valence-electron chi connectivity index (χ0n) is 8.85. The average Bonchev–Trinajstić information content (AvgIpc) is 2.56. The Balaban J connectivity index is 2.37. The molecule has 5 nitrogen and oxygen atoms in total. The minimum Gasteiger partial charge on any atom is -0.481 e. The first-order valence-electron chi connectivity index (χ1n) is 5.23. The molecule has 1 fully saturated rings. The molecule has 1 rings (SSSR count). The van der Waals surface area contributed by atoms with Gasteiger partial charge < -0.3 is 15.1 Å². The van der Waals surface area contributed by atoms with Gasteiger partial charge in [0.15, 0.2) is 0 Å². The summed E-state index contributed by atoms with van der Waals surface area (Å²) in [4.78, 5) is 23.6. The predicted octanol–water partition coefficient (Wildman–Crippen LogP) is 0.0805. The molecule has 15 heavy (non-hydrogen) atoms. The smallest absolute Gasteiger partial charge is 0.308 e. The number of aliphatic hydroxyl groups is 1. The summed E-state index contributed by atoms with van der Waals surface area (Å²) in [6, 6.07) is 0. The molecule has 0 aliphatic carbocycles. The van der Waals surface area contributed by atoms with Crippen LogP contribution in [0.1, 0.15) is 26.2 Å². The van der Waals surface area contributed by atoms with E-state index in [2.05, 4.69) is 0 Å². The Labute approximate surface area is 88.7 Å². The third-order valence-electron chi connectivity index (χ3n) is 2.77. The summed E-state index contributed by atoms with van der Waals surface area (Å²) < 4.78 is 0. The van der Waals surface area contributed by atoms with Crippen molar-refractivity contribution in [1.82, 2.24) is 4.90 Å². The number of carboxylic acids is 1. The van der Waals surface area contributed by atoms with E-state index in [1.54, 1.807) is 0 Å². The molecule has 0 aromatic rings. The van der Waals surface area contributed by atoms with Gasteiger partial charge >= 0.3 is 5.97 Å². The molecule has 1 amide bonds. The molecule has 5 heteroatoms. The van der Waals surface area contributed by atoms with Gasteiger partial charge in [-0.25, -0.2) is 0 Å². The van der Waals surface area contributed by atoms with E-state index in [-0.39, 0.29) is 18.9 Å². The monoisotopic (exact) mass is 215 g/mol. The number of carbonyl (C=O) groups excluding carboxylic acids is 1. The Morgan fingerprint density at radius 2 is 2.33 bits per heavy atom. The number of aliphatic carboxylic acids is 1. The maximum absolute atomic E-state index is 11.4. The van der Waals surface area contributed by atoms with Gasteiger partial charge in [-0.15, -0.1) is 0 Å². The van der Waals surface area contributed by atoms with Crippen LogP contribution < -0.4 is 0 Å². The first-order valence-corrected chi connectivity index (χ1v) is 5.23. The molecule has 1 heterocycles. The third kappa shape index (κ3) is 3.20. The van der Waals surface area contributed by atoms with Crippen LogP contribution in [-0.2, 0) is 9.59 Å². The maximum atomic E-state index is 11.4. The number of carboxylic acid groups (broad SMARTS) is 1. The van der Waals surface area contributed by atoms with Crippen LogP contribution in [0.15, 0.2) is 0 Å². The lowest BCUT2D eigenvalue weighted by Crippen LogP contribution is -2.29. The van der Waals surface area contributed by atoms with Gasteiger partial charge in [0, 0.05) is 19.5 Å². The van der Waals surface area contributed by atoms with E-state index in [1.807, 2.05) is 6.92 Å². The zero-order valence-corrected chi connectivity index (χ0v) is 8.85. The van der Waals surface area contributed by atoms with Crippen molar-refractivity contribution in [3.63, 3.8) is 0 Å². The van der Waals surface area contributed by atoms with E-state index in [0.29, 0.717) is 19.4 Å². The summed E-state index contributed by atoms with van der Waals surface area (Å²) in [6.45, 7) is 2.61. The van der Waals surface area contributed by atoms with Crippen molar-refractivity contribution in [2.75, 3.05) is 13.1 Å². The van der Waals surface area contributed by atoms with Gasteiger partial charge in [0.1, 0.15) is 0 Å². The second-order valence-electron chi connectivity index (χ2n) is 3.93. The van der Waals surface area contributed by atoms with E-state index in [1.165, 1.54) is 4.90 Å². The van der Waals surface area contributed by atoms with Crippen molar-refractivity contribution < 1.29 is 19.8 Å². The van der Waals surface area contributed by atoms with Crippen molar-refractivity contribution >= 4 is 11.9 Å². The Morgan fingerprint density at radius 1 is 1.67 bits per heavy atom. The molecule has 1 aliphatic rings. The van der Waals surface area contributed by atoms with Crippen molar-refractivity contribution in [1.29, 1.82) is 0 Å². The van der Waals surface area contributed by atoms with Crippen LogP contribution in [0.4, 0.5) is 0 Å². The summed E-state index contributed by atoms with van der Waals surface area (Å²) >= 11 is 0. The normalized spacial score (nSPS) is 23.2. The van der Waals surface area contributed by atoms with Crippen LogP contribution in [0.5, 0.6) is 0 Å². The van der Waals surface area contributed by atoms with Crippen LogP contribution >= 0.6 is 0 Å². The lowest BCUT2D eigenvalue weighted by molar-refractivity contribution is -0.141. The minimum atomic E-state index is -0.915. The van der Waals surface area contributed by atoms with Crippen molar-refractivity contribution in [3.8, 4) is 0 Å². The molecule has 2 atom stereocenters. The molecule has 1 saturated heterocycles. The number of nitrogens with zero attached hydrogens (tertiary/aromatic N) is 1. The first kappa shape index (κ1) is 12.0. The number of hydrogen-bond donors (Lipinski definition) is 2.